The molecular formula is C33H21AlN2O. The molecule has 4 heteroatoms. The Bertz CT molecular complexity index is 1920. The standard InChI is InChI=1S/C33H22N2O.Al/c36-31-21-28(25-18-10-12-22-11-4-5-15-24(22)25)26-16-6-7-17-27(26)32(31)33-34-29-19-8-9-20-30(29)35(33)23-13-2-1-3-14-23;/h1-21,36H;/q;+1/p-1. The van der Waals surface area contributed by atoms with Crippen LogP contribution in [0.15, 0.2) is 127 Å². The highest BCUT2D eigenvalue weighted by Gasteiger charge is 2.22. The first-order valence-electron chi connectivity index (χ1n) is 12.3. The van der Waals surface area contributed by atoms with E-state index in [1.54, 1.807) is 0 Å². The summed E-state index contributed by atoms with van der Waals surface area (Å²) in [5, 5.41) is 4.69. The Labute approximate surface area is 223 Å². The summed E-state index contributed by atoms with van der Waals surface area (Å²) in [7, 11) is 0. The van der Waals surface area contributed by atoms with Gasteiger partial charge in [-0.15, -0.1) is 0 Å². The lowest BCUT2D eigenvalue weighted by molar-refractivity contribution is 0.619. The van der Waals surface area contributed by atoms with Crippen LogP contribution in [0.3, 0.4) is 0 Å². The van der Waals surface area contributed by atoms with Gasteiger partial charge in [-0.05, 0) is 63.0 Å². The van der Waals surface area contributed by atoms with Gasteiger partial charge in [0.1, 0.15) is 5.82 Å². The maximum Gasteiger partial charge on any atom is 0.482 e. The summed E-state index contributed by atoms with van der Waals surface area (Å²) in [4.78, 5) is 5.14. The van der Waals surface area contributed by atoms with Gasteiger partial charge in [0.2, 0.25) is 0 Å². The van der Waals surface area contributed by atoms with Crippen LogP contribution < -0.4 is 3.79 Å². The van der Waals surface area contributed by atoms with Crippen molar-refractivity contribution in [3.05, 3.63) is 127 Å². The summed E-state index contributed by atoms with van der Waals surface area (Å²) in [5.74, 6) is 1.62. The molecule has 0 aliphatic carbocycles. The Morgan fingerprint density at radius 2 is 1.27 bits per heavy atom. The van der Waals surface area contributed by atoms with E-state index >= 15 is 0 Å². The lowest BCUT2D eigenvalue weighted by Gasteiger charge is -2.19. The average molecular weight is 489 g/mol. The Morgan fingerprint density at radius 3 is 2.11 bits per heavy atom. The Morgan fingerprint density at radius 1 is 0.595 bits per heavy atom. The van der Waals surface area contributed by atoms with E-state index in [9.17, 15) is 0 Å². The summed E-state index contributed by atoms with van der Waals surface area (Å²) in [6.45, 7) is 0. The fraction of sp³-hybridized carbons (Fsp3) is 0. The Kier molecular flexibility index (Phi) is 5.29. The normalized spacial score (nSPS) is 11.4. The van der Waals surface area contributed by atoms with Gasteiger partial charge in [-0.25, -0.2) is 4.98 Å². The van der Waals surface area contributed by atoms with Crippen molar-refractivity contribution in [2.24, 2.45) is 0 Å². The van der Waals surface area contributed by atoms with E-state index in [0.717, 1.165) is 50.2 Å². The first-order chi connectivity index (χ1) is 18.3. The van der Waals surface area contributed by atoms with Gasteiger partial charge < -0.3 is 3.79 Å². The minimum atomic E-state index is 0.763. The van der Waals surface area contributed by atoms with E-state index in [1.807, 2.05) is 12.1 Å². The molecule has 0 saturated heterocycles. The largest absolute Gasteiger partial charge is 0.653 e. The number of hydrogen-bond acceptors (Lipinski definition) is 2. The van der Waals surface area contributed by atoms with Crippen LogP contribution in [0.25, 0.3) is 60.8 Å². The van der Waals surface area contributed by atoms with Crippen LogP contribution in [0.5, 0.6) is 5.75 Å². The molecule has 3 nitrogen and oxygen atoms in total. The van der Waals surface area contributed by atoms with Gasteiger partial charge in [-0.3, -0.25) is 4.57 Å². The molecule has 6 aromatic carbocycles. The summed E-state index contributed by atoms with van der Waals surface area (Å²) >= 11 is 2.45. The average Bonchev–Trinajstić information content (AvgIpc) is 3.35. The minimum absolute atomic E-state index is 0.763. The molecule has 1 aromatic heterocycles. The van der Waals surface area contributed by atoms with Gasteiger partial charge in [0.05, 0.1) is 22.3 Å². The molecule has 0 bridgehead atoms. The number of benzene rings is 6. The van der Waals surface area contributed by atoms with Crippen LogP contribution in [-0.2, 0) is 0 Å². The second kappa shape index (κ2) is 8.94. The lowest BCUT2D eigenvalue weighted by Crippen LogP contribution is -2.01. The Balaban J connectivity index is 1.60. The summed E-state index contributed by atoms with van der Waals surface area (Å²) in [6.07, 6.45) is 0. The van der Waals surface area contributed by atoms with Crippen molar-refractivity contribution >= 4 is 49.2 Å². The van der Waals surface area contributed by atoms with Crippen molar-refractivity contribution in [1.82, 2.24) is 9.55 Å². The molecule has 0 amide bonds. The lowest BCUT2D eigenvalue weighted by atomic mass is 9.91. The van der Waals surface area contributed by atoms with Gasteiger partial charge in [0.25, 0.3) is 0 Å². The number of hydrogen-bond donors (Lipinski definition) is 0. The van der Waals surface area contributed by atoms with Gasteiger partial charge in [-0.2, -0.15) is 0 Å². The highest BCUT2D eigenvalue weighted by Crippen LogP contribution is 2.44. The molecule has 0 unspecified atom stereocenters. The molecule has 7 rings (SSSR count). The molecule has 37 heavy (non-hydrogen) atoms. The molecule has 0 atom stereocenters. The van der Waals surface area contributed by atoms with Crippen LogP contribution in [0, 0.1) is 0 Å². The van der Waals surface area contributed by atoms with Crippen molar-refractivity contribution < 1.29 is 3.79 Å². The van der Waals surface area contributed by atoms with E-state index in [2.05, 4.69) is 136 Å². The van der Waals surface area contributed by atoms with Gasteiger partial charge >= 0.3 is 16.6 Å². The van der Waals surface area contributed by atoms with Crippen LogP contribution in [0.4, 0.5) is 0 Å². The highest BCUT2D eigenvalue weighted by molar-refractivity contribution is 6.12. The number of imidazole rings is 1. The van der Waals surface area contributed by atoms with Crippen molar-refractivity contribution in [3.63, 3.8) is 0 Å². The number of aromatic nitrogens is 2. The predicted molar refractivity (Wildman–Crippen MR) is 153 cm³/mol. The molecule has 1 heterocycles. The van der Waals surface area contributed by atoms with Crippen molar-refractivity contribution in [2.45, 2.75) is 0 Å². The van der Waals surface area contributed by atoms with Crippen LogP contribution in [-0.4, -0.2) is 26.2 Å². The molecule has 7 aromatic rings. The summed E-state index contributed by atoms with van der Waals surface area (Å²) in [6, 6.07) is 44.3. The SMILES string of the molecule is [Al][O]c1cc(-c2cccc3ccccc23)c2ccccc2c1-c1nc2ccccc2n1-c1ccccc1. The first-order valence-corrected chi connectivity index (χ1v) is 12.7. The fourth-order valence-corrected chi connectivity index (χ4v) is 5.57. The van der Waals surface area contributed by atoms with E-state index in [1.165, 1.54) is 16.3 Å². The van der Waals surface area contributed by atoms with Crippen LogP contribution >= 0.6 is 0 Å². The first kappa shape index (κ1) is 21.9. The zero-order chi connectivity index (χ0) is 24.8. The number of nitrogens with zero attached hydrogens (tertiary/aromatic N) is 2. The second-order valence-corrected chi connectivity index (χ2v) is 9.32. The maximum atomic E-state index is 6.03. The smallest absolute Gasteiger partial charge is 0.482 e. The number of rotatable bonds is 4. The minimum Gasteiger partial charge on any atom is -0.653 e. The molecule has 172 valence electrons. The molecule has 0 N–H and O–H groups in total. The predicted octanol–water partition coefficient (Wildman–Crippen LogP) is 8.13. The third-order valence-electron chi connectivity index (χ3n) is 7.01. The van der Waals surface area contributed by atoms with E-state index in [0.29, 0.717) is 0 Å². The van der Waals surface area contributed by atoms with E-state index in [4.69, 9.17) is 8.77 Å². The molecule has 0 aliphatic rings. The van der Waals surface area contributed by atoms with Crippen molar-refractivity contribution in [3.8, 4) is 34.0 Å². The third kappa shape index (κ3) is 3.54. The van der Waals surface area contributed by atoms with E-state index in [-0.39, 0.29) is 0 Å². The third-order valence-corrected chi connectivity index (χ3v) is 7.27. The molecule has 0 fully saturated rings. The fourth-order valence-electron chi connectivity index (χ4n) is 5.39. The molecular weight excluding hydrogens is 467 g/mol. The zero-order valence-electron chi connectivity index (χ0n) is 20.0. The van der Waals surface area contributed by atoms with Crippen molar-refractivity contribution in [1.29, 1.82) is 0 Å². The monoisotopic (exact) mass is 488 g/mol. The Hall–Kier alpha value is -4.36. The maximum absolute atomic E-state index is 6.03. The van der Waals surface area contributed by atoms with E-state index < -0.39 is 0 Å². The summed E-state index contributed by atoms with van der Waals surface area (Å²) < 4.78 is 8.26. The van der Waals surface area contributed by atoms with Crippen LogP contribution in [0.1, 0.15) is 0 Å². The zero-order valence-corrected chi connectivity index (χ0v) is 21.2. The molecule has 2 radical (unpaired) electrons. The topological polar surface area (TPSA) is 27.1 Å². The quantitative estimate of drug-likeness (QED) is 0.234. The second-order valence-electron chi connectivity index (χ2n) is 9.08. The van der Waals surface area contributed by atoms with Gasteiger partial charge in [0.15, 0.2) is 0 Å². The molecule has 0 saturated carbocycles. The number of para-hydroxylation sites is 3. The molecule has 0 spiro atoms. The summed E-state index contributed by atoms with van der Waals surface area (Å²) in [5.41, 5.74) is 6.34. The van der Waals surface area contributed by atoms with Gasteiger partial charge in [-0.1, -0.05) is 97.1 Å². The molecule has 0 aliphatic heterocycles. The van der Waals surface area contributed by atoms with Crippen molar-refractivity contribution in [2.75, 3.05) is 0 Å². The number of fused-ring (bicyclic) bond motifs is 3. The van der Waals surface area contributed by atoms with Gasteiger partial charge in [0, 0.05) is 5.69 Å². The highest BCUT2D eigenvalue weighted by atomic mass is 27.1. The van der Waals surface area contributed by atoms with Crippen LogP contribution in [0.2, 0.25) is 0 Å².